The Morgan fingerprint density at radius 2 is 2.18 bits per heavy atom. The van der Waals surface area contributed by atoms with E-state index in [4.69, 9.17) is 5.26 Å². The van der Waals surface area contributed by atoms with E-state index in [1.54, 1.807) is 17.2 Å². The van der Waals surface area contributed by atoms with Crippen LogP contribution in [0.15, 0.2) is 12.7 Å². The third-order valence-electron chi connectivity index (χ3n) is 1.51. The smallest absolute Gasteiger partial charge is 0.123 e. The Kier molecular flexibility index (Phi) is 2.61. The molecule has 4 heteroatoms. The van der Waals surface area contributed by atoms with Crippen molar-refractivity contribution in [2.45, 2.75) is 25.8 Å². The van der Waals surface area contributed by atoms with Crippen molar-refractivity contribution >= 4 is 0 Å². The molecule has 0 aromatic carbocycles. The fourth-order valence-corrected chi connectivity index (χ4v) is 0.923. The van der Waals surface area contributed by atoms with Crippen molar-refractivity contribution in [2.75, 3.05) is 0 Å². The summed E-state index contributed by atoms with van der Waals surface area (Å²) in [5.74, 6) is 0. The van der Waals surface area contributed by atoms with E-state index in [0.29, 0.717) is 0 Å². The Hall–Kier alpha value is -1.37. The SMILES string of the molecule is CCCC(C#N)n1cnnc1. The number of rotatable bonds is 3. The van der Waals surface area contributed by atoms with Crippen LogP contribution in [0.5, 0.6) is 0 Å². The second kappa shape index (κ2) is 3.71. The number of aromatic nitrogens is 3. The van der Waals surface area contributed by atoms with Crippen LogP contribution >= 0.6 is 0 Å². The zero-order chi connectivity index (χ0) is 8.10. The minimum atomic E-state index is -0.102. The van der Waals surface area contributed by atoms with Crippen LogP contribution in [0.4, 0.5) is 0 Å². The van der Waals surface area contributed by atoms with Crippen molar-refractivity contribution in [3.05, 3.63) is 12.7 Å². The highest BCUT2D eigenvalue weighted by Gasteiger charge is 2.06. The molecule has 1 aromatic heterocycles. The van der Waals surface area contributed by atoms with E-state index in [1.165, 1.54) is 0 Å². The molecule has 0 aliphatic carbocycles. The second-order valence-electron chi connectivity index (χ2n) is 2.34. The van der Waals surface area contributed by atoms with Crippen LogP contribution in [0, 0.1) is 11.3 Å². The summed E-state index contributed by atoms with van der Waals surface area (Å²) in [6, 6.07) is 2.09. The lowest BCUT2D eigenvalue weighted by molar-refractivity contribution is 0.558. The van der Waals surface area contributed by atoms with Crippen molar-refractivity contribution < 1.29 is 0 Å². The fourth-order valence-electron chi connectivity index (χ4n) is 0.923. The van der Waals surface area contributed by atoms with Crippen molar-refractivity contribution in [2.24, 2.45) is 0 Å². The Bertz CT molecular complexity index is 233. The summed E-state index contributed by atoms with van der Waals surface area (Å²) in [6.07, 6.45) is 5.00. The standard InChI is InChI=1S/C7H10N4/c1-2-3-7(4-8)11-5-9-10-6-11/h5-7H,2-3H2,1H3. The monoisotopic (exact) mass is 150 g/mol. The summed E-state index contributed by atoms with van der Waals surface area (Å²) in [5, 5.41) is 16.0. The molecule has 11 heavy (non-hydrogen) atoms. The first-order valence-electron chi connectivity index (χ1n) is 3.62. The van der Waals surface area contributed by atoms with Crippen LogP contribution in [-0.2, 0) is 0 Å². The highest BCUT2D eigenvalue weighted by molar-refractivity contribution is 4.89. The van der Waals surface area contributed by atoms with Gasteiger partial charge in [0.25, 0.3) is 0 Å². The van der Waals surface area contributed by atoms with Gasteiger partial charge in [-0.15, -0.1) is 10.2 Å². The molecular formula is C7H10N4. The van der Waals surface area contributed by atoms with Crippen LogP contribution in [0.1, 0.15) is 25.8 Å². The van der Waals surface area contributed by atoms with Gasteiger partial charge in [-0.3, -0.25) is 0 Å². The van der Waals surface area contributed by atoms with E-state index < -0.39 is 0 Å². The highest BCUT2D eigenvalue weighted by Crippen LogP contribution is 2.10. The zero-order valence-corrected chi connectivity index (χ0v) is 6.44. The van der Waals surface area contributed by atoms with Gasteiger partial charge in [-0.25, -0.2) is 0 Å². The second-order valence-corrected chi connectivity index (χ2v) is 2.34. The van der Waals surface area contributed by atoms with Gasteiger partial charge in [0.2, 0.25) is 0 Å². The molecule has 1 heterocycles. The molecule has 0 spiro atoms. The molecule has 0 aliphatic heterocycles. The van der Waals surface area contributed by atoms with E-state index in [0.717, 1.165) is 12.8 Å². The maximum absolute atomic E-state index is 8.70. The maximum atomic E-state index is 8.70. The molecule has 0 saturated heterocycles. The van der Waals surface area contributed by atoms with Gasteiger partial charge in [-0.05, 0) is 6.42 Å². The van der Waals surface area contributed by atoms with Crippen molar-refractivity contribution in [1.82, 2.24) is 14.8 Å². The van der Waals surface area contributed by atoms with Gasteiger partial charge in [0, 0.05) is 0 Å². The topological polar surface area (TPSA) is 54.5 Å². The van der Waals surface area contributed by atoms with Gasteiger partial charge < -0.3 is 4.57 Å². The molecule has 0 amide bonds. The summed E-state index contributed by atoms with van der Waals surface area (Å²) in [6.45, 7) is 2.05. The first kappa shape index (κ1) is 7.73. The summed E-state index contributed by atoms with van der Waals surface area (Å²) in [4.78, 5) is 0. The third kappa shape index (κ3) is 1.77. The summed E-state index contributed by atoms with van der Waals surface area (Å²) < 4.78 is 1.73. The van der Waals surface area contributed by atoms with Gasteiger partial charge in [-0.2, -0.15) is 5.26 Å². The van der Waals surface area contributed by atoms with Crippen molar-refractivity contribution in [3.63, 3.8) is 0 Å². The third-order valence-corrected chi connectivity index (χ3v) is 1.51. The fraction of sp³-hybridized carbons (Fsp3) is 0.571. The van der Waals surface area contributed by atoms with Crippen LogP contribution in [0.25, 0.3) is 0 Å². The number of hydrogen-bond acceptors (Lipinski definition) is 3. The average Bonchev–Trinajstić information content (AvgIpc) is 2.52. The Morgan fingerprint density at radius 1 is 1.55 bits per heavy atom. The molecule has 58 valence electrons. The molecule has 0 fully saturated rings. The Morgan fingerprint density at radius 3 is 2.64 bits per heavy atom. The molecule has 0 saturated carbocycles. The molecule has 1 rings (SSSR count). The molecular weight excluding hydrogens is 140 g/mol. The predicted molar refractivity (Wildman–Crippen MR) is 39.6 cm³/mol. The number of nitrogens with zero attached hydrogens (tertiary/aromatic N) is 4. The predicted octanol–water partition coefficient (Wildman–Crippen LogP) is 1.14. The van der Waals surface area contributed by atoms with Gasteiger partial charge in [0.1, 0.15) is 18.7 Å². The number of hydrogen-bond donors (Lipinski definition) is 0. The maximum Gasteiger partial charge on any atom is 0.123 e. The number of nitriles is 1. The van der Waals surface area contributed by atoms with E-state index >= 15 is 0 Å². The quantitative estimate of drug-likeness (QED) is 0.649. The lowest BCUT2D eigenvalue weighted by Crippen LogP contribution is -2.03. The molecule has 0 N–H and O–H groups in total. The normalized spacial score (nSPS) is 12.4. The van der Waals surface area contributed by atoms with Gasteiger partial charge in [0.15, 0.2) is 0 Å². The van der Waals surface area contributed by atoms with Crippen molar-refractivity contribution in [1.29, 1.82) is 5.26 Å². The first-order valence-corrected chi connectivity index (χ1v) is 3.62. The largest absolute Gasteiger partial charge is 0.303 e. The lowest BCUT2D eigenvalue weighted by Gasteiger charge is -2.06. The zero-order valence-electron chi connectivity index (χ0n) is 6.44. The van der Waals surface area contributed by atoms with E-state index in [9.17, 15) is 0 Å². The minimum Gasteiger partial charge on any atom is -0.303 e. The molecule has 1 aromatic rings. The van der Waals surface area contributed by atoms with Crippen LogP contribution in [0.2, 0.25) is 0 Å². The molecule has 4 nitrogen and oxygen atoms in total. The van der Waals surface area contributed by atoms with Gasteiger partial charge in [-0.1, -0.05) is 13.3 Å². The van der Waals surface area contributed by atoms with Gasteiger partial charge in [0.05, 0.1) is 6.07 Å². The first-order chi connectivity index (χ1) is 5.38. The molecule has 1 unspecified atom stereocenters. The molecule has 1 atom stereocenters. The highest BCUT2D eigenvalue weighted by atomic mass is 15.2. The van der Waals surface area contributed by atoms with Crippen molar-refractivity contribution in [3.8, 4) is 6.07 Å². The molecule has 0 bridgehead atoms. The van der Waals surface area contributed by atoms with E-state index in [-0.39, 0.29) is 6.04 Å². The van der Waals surface area contributed by atoms with E-state index in [2.05, 4.69) is 23.2 Å². The van der Waals surface area contributed by atoms with Crippen LogP contribution < -0.4 is 0 Å². The summed E-state index contributed by atoms with van der Waals surface area (Å²) in [5.41, 5.74) is 0. The van der Waals surface area contributed by atoms with E-state index in [1.807, 2.05) is 0 Å². The lowest BCUT2D eigenvalue weighted by atomic mass is 10.2. The average molecular weight is 150 g/mol. The van der Waals surface area contributed by atoms with Crippen LogP contribution in [0.3, 0.4) is 0 Å². The van der Waals surface area contributed by atoms with Crippen LogP contribution in [-0.4, -0.2) is 14.8 Å². The Balaban J connectivity index is 2.65. The summed E-state index contributed by atoms with van der Waals surface area (Å²) in [7, 11) is 0. The molecule has 0 aliphatic rings. The summed E-state index contributed by atoms with van der Waals surface area (Å²) >= 11 is 0. The minimum absolute atomic E-state index is 0.102. The van der Waals surface area contributed by atoms with Gasteiger partial charge >= 0.3 is 0 Å². The Labute approximate surface area is 65.5 Å². The molecule has 0 radical (unpaired) electrons.